The lowest BCUT2D eigenvalue weighted by Crippen LogP contribution is -2.20. The zero-order chi connectivity index (χ0) is 29.5. The fourth-order valence-corrected chi connectivity index (χ4v) is 5.35. The van der Waals surface area contributed by atoms with Crippen molar-refractivity contribution < 1.29 is 23.4 Å². The van der Waals surface area contributed by atoms with Crippen LogP contribution in [0.2, 0.25) is 5.02 Å². The topological polar surface area (TPSA) is 97.3 Å². The van der Waals surface area contributed by atoms with E-state index in [1.165, 1.54) is 4.68 Å². The van der Waals surface area contributed by atoms with Gasteiger partial charge < -0.3 is 23.4 Å². The molecule has 0 N–H and O–H groups in total. The van der Waals surface area contributed by atoms with Crippen LogP contribution in [0.1, 0.15) is 11.1 Å². The van der Waals surface area contributed by atoms with Gasteiger partial charge in [0.15, 0.2) is 28.8 Å². The van der Waals surface area contributed by atoms with Crippen LogP contribution in [0.25, 0.3) is 33.5 Å². The van der Waals surface area contributed by atoms with E-state index in [9.17, 15) is 4.79 Å². The molecular weight excluding hydrogens is 638 g/mol. The molecule has 9 nitrogen and oxygen atoms in total. The Balaban J connectivity index is 1.24. The van der Waals surface area contributed by atoms with Gasteiger partial charge in [-0.3, -0.25) is 4.79 Å². The van der Waals surface area contributed by atoms with Crippen LogP contribution in [-0.2, 0) is 6.61 Å². The first kappa shape index (κ1) is 27.1. The predicted molar refractivity (Wildman–Crippen MR) is 167 cm³/mol. The van der Waals surface area contributed by atoms with Gasteiger partial charge in [-0.1, -0.05) is 29.8 Å². The predicted octanol–water partition coefficient (Wildman–Crippen LogP) is 7.42. The maximum Gasteiger partial charge on any atom is 0.282 e. The largest absolute Gasteiger partial charge is 0.493 e. The molecule has 1 aliphatic heterocycles. The van der Waals surface area contributed by atoms with Crippen LogP contribution >= 0.6 is 27.5 Å². The zero-order valence-electron chi connectivity index (χ0n) is 22.5. The summed E-state index contributed by atoms with van der Waals surface area (Å²) in [5, 5.41) is 6.34. The summed E-state index contributed by atoms with van der Waals surface area (Å²) in [6, 6.07) is 23.4. The van der Waals surface area contributed by atoms with E-state index in [0.29, 0.717) is 60.3 Å². The van der Waals surface area contributed by atoms with Gasteiger partial charge in [0.05, 0.1) is 24.2 Å². The number of benzene rings is 4. The second-order valence-corrected chi connectivity index (χ2v) is 10.9. The monoisotopic (exact) mass is 657 g/mol. The molecule has 0 atom stereocenters. The quantitative estimate of drug-likeness (QED) is 0.165. The average Bonchev–Trinajstić information content (AvgIpc) is 3.66. The van der Waals surface area contributed by atoms with Crippen molar-refractivity contribution >= 4 is 55.6 Å². The Morgan fingerprint density at radius 1 is 1.02 bits per heavy atom. The first-order valence-corrected chi connectivity index (χ1v) is 14.3. The standard InChI is InChI=1S/C32H21BrClN3O6/c1-39-27-13-20(23(33)14-29(27)40-16-18-6-8-26-28(10-18)42-17-41-26)15-35-37-31(36-24-5-3-2-4-22(24)32(37)38)30-12-19-11-21(34)7-9-25(19)43-30/h2-15H,16-17H2,1H3. The van der Waals surface area contributed by atoms with Gasteiger partial charge in [-0.15, -0.1) is 0 Å². The summed E-state index contributed by atoms with van der Waals surface area (Å²) in [4.78, 5) is 18.4. The molecule has 0 amide bonds. The molecule has 0 unspecified atom stereocenters. The normalized spacial score (nSPS) is 12.4. The fourth-order valence-electron chi connectivity index (χ4n) is 4.75. The molecular formula is C32H21BrClN3O6. The third-order valence-corrected chi connectivity index (χ3v) is 7.80. The summed E-state index contributed by atoms with van der Waals surface area (Å²) in [5.74, 6) is 3.03. The van der Waals surface area contributed by atoms with Gasteiger partial charge in [0, 0.05) is 20.4 Å². The smallest absolute Gasteiger partial charge is 0.282 e. The lowest BCUT2D eigenvalue weighted by molar-refractivity contribution is 0.174. The molecule has 0 fully saturated rings. The summed E-state index contributed by atoms with van der Waals surface area (Å²) in [5.41, 5.74) is 2.36. The Hall–Kier alpha value is -4.80. The van der Waals surface area contributed by atoms with Gasteiger partial charge in [-0.2, -0.15) is 9.78 Å². The van der Waals surface area contributed by atoms with E-state index in [1.54, 1.807) is 67.9 Å². The SMILES string of the molecule is COc1cc(C=Nn2c(-c3cc4cc(Cl)ccc4o3)nc3ccccc3c2=O)c(Br)cc1OCc1ccc2c(c1)OCO2. The minimum absolute atomic E-state index is 0.208. The number of para-hydroxylation sites is 1. The minimum Gasteiger partial charge on any atom is -0.493 e. The van der Waals surface area contributed by atoms with Crippen LogP contribution in [0.15, 0.2) is 97.6 Å². The van der Waals surface area contributed by atoms with Crippen molar-refractivity contribution in [1.82, 2.24) is 9.66 Å². The van der Waals surface area contributed by atoms with E-state index in [0.717, 1.165) is 10.9 Å². The second-order valence-electron chi connectivity index (χ2n) is 9.61. The molecule has 11 heteroatoms. The summed E-state index contributed by atoms with van der Waals surface area (Å²) in [6.07, 6.45) is 1.55. The van der Waals surface area contributed by atoms with E-state index in [-0.39, 0.29) is 24.8 Å². The maximum atomic E-state index is 13.6. The summed E-state index contributed by atoms with van der Waals surface area (Å²) >= 11 is 9.78. The molecule has 6 aromatic rings. The molecule has 0 aliphatic carbocycles. The van der Waals surface area contributed by atoms with Gasteiger partial charge in [-0.05, 0) is 82.2 Å². The molecule has 0 saturated heterocycles. The van der Waals surface area contributed by atoms with Crippen molar-refractivity contribution in [1.29, 1.82) is 0 Å². The Kier molecular flexibility index (Phi) is 7.00. The molecule has 4 aromatic carbocycles. The molecule has 214 valence electrons. The molecule has 1 aliphatic rings. The van der Waals surface area contributed by atoms with E-state index < -0.39 is 0 Å². The Bertz CT molecular complexity index is 2120. The molecule has 0 radical (unpaired) electrons. The van der Waals surface area contributed by atoms with Crippen LogP contribution in [0.3, 0.4) is 0 Å². The van der Waals surface area contributed by atoms with Crippen molar-refractivity contribution in [2.75, 3.05) is 13.9 Å². The highest BCUT2D eigenvalue weighted by Gasteiger charge is 2.18. The van der Waals surface area contributed by atoms with E-state index in [2.05, 4.69) is 21.0 Å². The van der Waals surface area contributed by atoms with Crippen LogP contribution in [0, 0.1) is 0 Å². The number of fused-ring (bicyclic) bond motifs is 3. The first-order valence-electron chi connectivity index (χ1n) is 13.1. The van der Waals surface area contributed by atoms with Crippen molar-refractivity contribution in [3.63, 3.8) is 0 Å². The highest BCUT2D eigenvalue weighted by Crippen LogP contribution is 2.36. The van der Waals surface area contributed by atoms with Gasteiger partial charge in [0.25, 0.3) is 5.56 Å². The van der Waals surface area contributed by atoms with Crippen molar-refractivity contribution in [3.8, 4) is 34.6 Å². The van der Waals surface area contributed by atoms with Gasteiger partial charge in [-0.25, -0.2) is 4.98 Å². The molecule has 0 spiro atoms. The minimum atomic E-state index is -0.345. The number of furan rings is 1. The van der Waals surface area contributed by atoms with Gasteiger partial charge in [0.2, 0.25) is 12.6 Å². The van der Waals surface area contributed by atoms with Crippen LogP contribution in [0.5, 0.6) is 23.0 Å². The molecule has 0 bridgehead atoms. The second kappa shape index (κ2) is 11.1. The lowest BCUT2D eigenvalue weighted by Gasteiger charge is -2.13. The summed E-state index contributed by atoms with van der Waals surface area (Å²) < 4.78 is 30.5. The summed E-state index contributed by atoms with van der Waals surface area (Å²) in [6.45, 7) is 0.497. The van der Waals surface area contributed by atoms with Gasteiger partial charge >= 0.3 is 0 Å². The lowest BCUT2D eigenvalue weighted by atomic mass is 10.2. The van der Waals surface area contributed by atoms with E-state index >= 15 is 0 Å². The van der Waals surface area contributed by atoms with Crippen LogP contribution in [0.4, 0.5) is 0 Å². The highest BCUT2D eigenvalue weighted by molar-refractivity contribution is 9.10. The molecule has 0 saturated carbocycles. The molecule has 3 heterocycles. The number of rotatable bonds is 7. The van der Waals surface area contributed by atoms with Crippen LogP contribution < -0.4 is 24.5 Å². The number of aromatic nitrogens is 2. The number of hydrogen-bond donors (Lipinski definition) is 0. The molecule has 2 aromatic heterocycles. The van der Waals surface area contributed by atoms with E-state index in [1.807, 2.05) is 24.3 Å². The molecule has 7 rings (SSSR count). The number of ether oxygens (including phenoxy) is 4. The third kappa shape index (κ3) is 5.19. The Morgan fingerprint density at radius 2 is 1.88 bits per heavy atom. The highest BCUT2D eigenvalue weighted by atomic mass is 79.9. The number of methoxy groups -OCH3 is 1. The average molecular weight is 659 g/mol. The third-order valence-electron chi connectivity index (χ3n) is 6.88. The Morgan fingerprint density at radius 3 is 2.77 bits per heavy atom. The summed E-state index contributed by atoms with van der Waals surface area (Å²) in [7, 11) is 1.56. The first-order chi connectivity index (χ1) is 21.0. The number of hydrogen-bond acceptors (Lipinski definition) is 8. The fraction of sp³-hybridized carbons (Fsp3) is 0.0938. The van der Waals surface area contributed by atoms with Crippen molar-refractivity contribution in [2.45, 2.75) is 6.61 Å². The van der Waals surface area contributed by atoms with E-state index in [4.69, 9.17) is 39.9 Å². The van der Waals surface area contributed by atoms with Gasteiger partial charge in [0.1, 0.15) is 12.2 Å². The number of halogens is 2. The van der Waals surface area contributed by atoms with Crippen molar-refractivity contribution in [2.24, 2.45) is 5.10 Å². The zero-order valence-corrected chi connectivity index (χ0v) is 24.9. The maximum absolute atomic E-state index is 13.6. The number of nitrogens with zero attached hydrogens (tertiary/aromatic N) is 3. The van der Waals surface area contributed by atoms with Crippen LogP contribution in [-0.4, -0.2) is 29.8 Å². The molecule has 43 heavy (non-hydrogen) atoms. The van der Waals surface area contributed by atoms with Crippen molar-refractivity contribution in [3.05, 3.63) is 110 Å². The Labute approximate surface area is 258 Å².